The van der Waals surface area contributed by atoms with Crippen molar-refractivity contribution in [3.63, 3.8) is 0 Å². The Morgan fingerprint density at radius 3 is 2.22 bits per heavy atom. The van der Waals surface area contributed by atoms with E-state index in [-0.39, 0.29) is 17.4 Å². The van der Waals surface area contributed by atoms with E-state index in [1.165, 1.54) is 7.05 Å². The number of nitro groups is 1. The maximum atomic E-state index is 11.5. The van der Waals surface area contributed by atoms with Crippen LogP contribution in [0.1, 0.15) is 11.1 Å². The predicted molar refractivity (Wildman–Crippen MR) is 84.1 cm³/mol. The fourth-order valence-corrected chi connectivity index (χ4v) is 2.51. The summed E-state index contributed by atoms with van der Waals surface area (Å²) in [5, 5.41) is 13.4. The maximum Gasteiger partial charge on any atom is 0.305 e. The molecule has 0 radical (unpaired) electrons. The SMILES string of the molecule is CNS(=O)(=O)Cc1ccc(CNc2ncc([N+](=O)[O-])cn2)cc1. The van der Waals surface area contributed by atoms with E-state index >= 15 is 0 Å². The van der Waals surface area contributed by atoms with Gasteiger partial charge < -0.3 is 5.32 Å². The number of benzene rings is 1. The van der Waals surface area contributed by atoms with Crippen LogP contribution in [0.15, 0.2) is 36.7 Å². The van der Waals surface area contributed by atoms with Gasteiger partial charge in [-0.3, -0.25) is 10.1 Å². The lowest BCUT2D eigenvalue weighted by molar-refractivity contribution is -0.385. The molecule has 2 rings (SSSR count). The molecule has 2 N–H and O–H groups in total. The normalized spacial score (nSPS) is 11.2. The van der Waals surface area contributed by atoms with Crippen molar-refractivity contribution in [1.82, 2.24) is 14.7 Å². The van der Waals surface area contributed by atoms with Crippen molar-refractivity contribution in [2.24, 2.45) is 0 Å². The van der Waals surface area contributed by atoms with Crippen molar-refractivity contribution < 1.29 is 13.3 Å². The Kier molecular flexibility index (Phi) is 5.19. The van der Waals surface area contributed by atoms with Crippen LogP contribution in [0.5, 0.6) is 0 Å². The molecule has 0 atom stereocenters. The van der Waals surface area contributed by atoms with E-state index in [0.29, 0.717) is 12.1 Å². The van der Waals surface area contributed by atoms with Gasteiger partial charge in [-0.25, -0.2) is 23.1 Å². The number of nitrogens with one attached hydrogen (secondary N) is 2. The van der Waals surface area contributed by atoms with Crippen molar-refractivity contribution in [2.75, 3.05) is 12.4 Å². The van der Waals surface area contributed by atoms with Crippen LogP contribution in [0.25, 0.3) is 0 Å². The number of aromatic nitrogens is 2. The molecule has 0 bridgehead atoms. The minimum Gasteiger partial charge on any atom is -0.350 e. The van der Waals surface area contributed by atoms with E-state index in [1.807, 2.05) is 0 Å². The van der Waals surface area contributed by atoms with Crippen LogP contribution in [0.4, 0.5) is 11.6 Å². The van der Waals surface area contributed by atoms with Crippen molar-refractivity contribution in [3.05, 3.63) is 57.9 Å². The molecule has 1 aromatic heterocycles. The minimum absolute atomic E-state index is 0.0807. The number of rotatable bonds is 7. The topological polar surface area (TPSA) is 127 Å². The smallest absolute Gasteiger partial charge is 0.305 e. The number of hydrogen-bond donors (Lipinski definition) is 2. The Labute approximate surface area is 133 Å². The fourth-order valence-electron chi connectivity index (χ4n) is 1.73. The molecule has 0 aliphatic rings. The summed E-state index contributed by atoms with van der Waals surface area (Å²) in [7, 11) is -1.92. The number of anilines is 1. The zero-order chi connectivity index (χ0) is 16.9. The predicted octanol–water partition coefficient (Wildman–Crippen LogP) is 1.05. The van der Waals surface area contributed by atoms with Crippen LogP contribution in [-0.2, 0) is 22.3 Å². The second-order valence-electron chi connectivity index (χ2n) is 4.66. The monoisotopic (exact) mass is 337 g/mol. The van der Waals surface area contributed by atoms with Gasteiger partial charge in [-0.2, -0.15) is 0 Å². The summed E-state index contributed by atoms with van der Waals surface area (Å²) in [4.78, 5) is 17.6. The second kappa shape index (κ2) is 7.11. The molecule has 10 heteroatoms. The number of sulfonamides is 1. The molecule has 0 spiro atoms. The third-order valence-electron chi connectivity index (χ3n) is 2.99. The second-order valence-corrected chi connectivity index (χ2v) is 6.58. The van der Waals surface area contributed by atoms with E-state index in [4.69, 9.17) is 0 Å². The van der Waals surface area contributed by atoms with Gasteiger partial charge in [-0.15, -0.1) is 0 Å². The molecule has 0 fully saturated rings. The van der Waals surface area contributed by atoms with Gasteiger partial charge in [-0.05, 0) is 18.2 Å². The largest absolute Gasteiger partial charge is 0.350 e. The van der Waals surface area contributed by atoms with Crippen LogP contribution in [0, 0.1) is 10.1 Å². The summed E-state index contributed by atoms with van der Waals surface area (Å²) in [5.41, 5.74) is 1.40. The Morgan fingerprint density at radius 1 is 1.13 bits per heavy atom. The van der Waals surface area contributed by atoms with Crippen LogP contribution >= 0.6 is 0 Å². The van der Waals surface area contributed by atoms with Gasteiger partial charge in [-0.1, -0.05) is 24.3 Å². The first kappa shape index (κ1) is 16.8. The van der Waals surface area contributed by atoms with E-state index in [0.717, 1.165) is 18.0 Å². The summed E-state index contributed by atoms with van der Waals surface area (Å²) >= 11 is 0. The molecule has 0 unspecified atom stereocenters. The van der Waals surface area contributed by atoms with Crippen LogP contribution in [0.3, 0.4) is 0 Å². The molecule has 1 aromatic carbocycles. The average molecular weight is 337 g/mol. The fraction of sp³-hybridized carbons (Fsp3) is 0.231. The molecular formula is C13H15N5O4S. The van der Waals surface area contributed by atoms with Gasteiger partial charge in [0.05, 0.1) is 10.7 Å². The lowest BCUT2D eigenvalue weighted by atomic mass is 10.1. The summed E-state index contributed by atoms with van der Waals surface area (Å²) in [5.74, 6) is 0.195. The summed E-state index contributed by atoms with van der Waals surface area (Å²) in [6, 6.07) is 7.03. The molecule has 0 saturated carbocycles. The van der Waals surface area contributed by atoms with Crippen molar-refractivity contribution in [1.29, 1.82) is 0 Å². The minimum atomic E-state index is -3.29. The average Bonchev–Trinajstić information content (AvgIpc) is 2.54. The third-order valence-corrected chi connectivity index (χ3v) is 4.33. The van der Waals surface area contributed by atoms with Gasteiger partial charge in [0.25, 0.3) is 0 Å². The molecule has 9 nitrogen and oxygen atoms in total. The van der Waals surface area contributed by atoms with Crippen LogP contribution in [-0.4, -0.2) is 30.4 Å². The highest BCUT2D eigenvalue weighted by molar-refractivity contribution is 7.88. The Bertz CT molecular complexity index is 775. The maximum absolute atomic E-state index is 11.5. The molecule has 1 heterocycles. The number of hydrogen-bond acceptors (Lipinski definition) is 7. The van der Waals surface area contributed by atoms with Gasteiger partial charge in [0, 0.05) is 6.54 Å². The molecule has 0 aliphatic carbocycles. The Hall–Kier alpha value is -2.59. The molecule has 23 heavy (non-hydrogen) atoms. The quantitative estimate of drug-likeness (QED) is 0.571. The first-order valence-corrected chi connectivity index (χ1v) is 8.24. The Morgan fingerprint density at radius 2 is 1.70 bits per heavy atom. The lowest BCUT2D eigenvalue weighted by Gasteiger charge is -2.06. The van der Waals surface area contributed by atoms with Gasteiger partial charge in [0.1, 0.15) is 12.4 Å². The van der Waals surface area contributed by atoms with Crippen molar-refractivity contribution in [2.45, 2.75) is 12.3 Å². The molecule has 0 amide bonds. The van der Waals surface area contributed by atoms with E-state index in [9.17, 15) is 18.5 Å². The molecule has 0 aliphatic heterocycles. The lowest BCUT2D eigenvalue weighted by Crippen LogP contribution is -2.20. The van der Waals surface area contributed by atoms with Crippen LogP contribution < -0.4 is 10.0 Å². The molecular weight excluding hydrogens is 322 g/mol. The number of nitrogens with zero attached hydrogens (tertiary/aromatic N) is 3. The highest BCUT2D eigenvalue weighted by atomic mass is 32.2. The zero-order valence-corrected chi connectivity index (χ0v) is 13.1. The Balaban J connectivity index is 1.95. The zero-order valence-electron chi connectivity index (χ0n) is 12.3. The van der Waals surface area contributed by atoms with E-state index in [2.05, 4.69) is 20.0 Å². The van der Waals surface area contributed by atoms with Crippen molar-refractivity contribution >= 4 is 21.7 Å². The first-order valence-electron chi connectivity index (χ1n) is 6.59. The molecule has 2 aromatic rings. The first-order chi connectivity index (χ1) is 10.9. The highest BCUT2D eigenvalue weighted by Crippen LogP contribution is 2.11. The summed E-state index contributed by atoms with van der Waals surface area (Å²) < 4.78 is 25.2. The van der Waals surface area contributed by atoms with Crippen molar-refractivity contribution in [3.8, 4) is 0 Å². The molecule has 122 valence electrons. The van der Waals surface area contributed by atoms with Gasteiger partial charge in [0.2, 0.25) is 16.0 Å². The summed E-state index contributed by atoms with van der Waals surface area (Å²) in [6.45, 7) is 0.414. The van der Waals surface area contributed by atoms with E-state index in [1.54, 1.807) is 24.3 Å². The summed E-state index contributed by atoms with van der Waals surface area (Å²) in [6.07, 6.45) is 2.25. The third kappa shape index (κ3) is 4.97. The van der Waals surface area contributed by atoms with E-state index < -0.39 is 14.9 Å². The highest BCUT2D eigenvalue weighted by Gasteiger charge is 2.09. The molecule has 0 saturated heterocycles. The standard InChI is InChI=1S/C13H15N5O4S/c1-14-23(21,22)9-11-4-2-10(3-5-11)6-15-13-16-7-12(8-17-13)18(19)20/h2-5,7-8,14H,6,9H2,1H3,(H,15,16,17). The van der Waals surface area contributed by atoms with Crippen LogP contribution in [0.2, 0.25) is 0 Å². The van der Waals surface area contributed by atoms with Gasteiger partial charge in [0.15, 0.2) is 0 Å². The van der Waals surface area contributed by atoms with Gasteiger partial charge >= 0.3 is 5.69 Å².